The van der Waals surface area contributed by atoms with Gasteiger partial charge in [-0.3, -0.25) is 47.9 Å². The van der Waals surface area contributed by atoms with E-state index in [-0.39, 0.29) is 25.9 Å². The van der Waals surface area contributed by atoms with Gasteiger partial charge in [-0.05, 0) is 44.4 Å². The zero-order valence-electron chi connectivity index (χ0n) is 34.8. The highest BCUT2D eigenvalue weighted by Gasteiger charge is 2.44. The molecule has 2 rings (SSSR count). The van der Waals surface area contributed by atoms with Crippen molar-refractivity contribution in [3.8, 4) is 0 Å². The number of amides is 8. The lowest BCUT2D eigenvalue weighted by molar-refractivity contribution is -0.146. The number of rotatable bonds is 23. The molecule has 0 unspecified atom stereocenters. The molecule has 0 spiro atoms. The van der Waals surface area contributed by atoms with E-state index in [4.69, 9.17) is 16.6 Å². The van der Waals surface area contributed by atoms with Crippen molar-refractivity contribution in [2.24, 2.45) is 23.3 Å². The second-order valence-corrected chi connectivity index (χ2v) is 15.6. The van der Waals surface area contributed by atoms with E-state index >= 15 is 0 Å². The quantitative estimate of drug-likeness (QED) is 0.0463. The van der Waals surface area contributed by atoms with Crippen molar-refractivity contribution in [3.63, 3.8) is 0 Å². The highest BCUT2D eigenvalue weighted by atomic mass is 16.4. The Morgan fingerprint density at radius 1 is 0.623 bits per heavy atom. The van der Waals surface area contributed by atoms with Crippen LogP contribution in [0.15, 0.2) is 0 Å². The van der Waals surface area contributed by atoms with Crippen LogP contribution in [0.2, 0.25) is 0 Å². The number of carbonyl (C=O) groups excluding carboxylic acids is 8. The van der Waals surface area contributed by atoms with E-state index in [1.807, 2.05) is 5.32 Å². The number of hydrogen-bond acceptors (Lipinski definition) is 13. The zero-order chi connectivity index (χ0) is 46.5. The summed E-state index contributed by atoms with van der Waals surface area (Å²) in [4.78, 5) is 142. The zero-order valence-corrected chi connectivity index (χ0v) is 34.8. The number of carboxylic acids is 3. The molecule has 2 aliphatic rings. The van der Waals surface area contributed by atoms with Crippen LogP contribution >= 0.6 is 0 Å². The van der Waals surface area contributed by atoms with Gasteiger partial charge in [0.2, 0.25) is 47.3 Å². The number of likely N-dealkylation sites (tertiary alicyclic amines) is 2. The average Bonchev–Trinajstić information content (AvgIpc) is 3.87. The predicted molar refractivity (Wildman–Crippen MR) is 209 cm³/mol. The number of primary amides is 1. The highest BCUT2D eigenvalue weighted by Crippen LogP contribution is 2.23. The third kappa shape index (κ3) is 14.7. The van der Waals surface area contributed by atoms with Crippen molar-refractivity contribution in [1.82, 2.24) is 36.4 Å². The van der Waals surface area contributed by atoms with Gasteiger partial charge in [0.05, 0.1) is 31.4 Å². The maximum absolute atomic E-state index is 14.2. The fourth-order valence-corrected chi connectivity index (χ4v) is 6.93. The van der Waals surface area contributed by atoms with Gasteiger partial charge in [0, 0.05) is 13.1 Å². The number of nitrogens with one attached hydrogen (secondary N) is 5. The standard InChI is InChI=1S/C37H59N9O15/c1-6-17(4)28(35(58)45-11-7-9-22(45)32(55)40-20(15-26(51)52)31(54)41-21(37(60)61)14-24(39)48)43-34(57)27(16(2)3)42-33(56)23-10-8-12-46(23)36(59)29(18(5)47)44-30(53)19(38)13-25(49)50/h16-23,27-29,47H,6-15,38H2,1-5H3,(H2,39,48)(H,40,55)(H,41,54)(H,42,56)(H,43,57)(H,44,53)(H,49,50)(H,51,52)(H,60,61)/t17-,18+,19-,20-,21-,22-,23-,27-,28-,29-/m0/s1. The van der Waals surface area contributed by atoms with Crippen LogP contribution in [0.5, 0.6) is 0 Å². The molecular formula is C37H59N9O15. The predicted octanol–water partition coefficient (Wildman–Crippen LogP) is -4.29. The van der Waals surface area contributed by atoms with Crippen LogP contribution in [0.1, 0.15) is 86.0 Å². The SMILES string of the molecule is CC[C@H](C)[C@H](NC(=O)[C@@H](NC(=O)[C@@H]1CCCN1C(=O)[C@@H](NC(=O)[C@@H](N)CC(=O)O)[C@@H](C)O)C(C)C)C(=O)N1CCC[C@H]1C(=O)N[C@@H](CC(=O)O)C(=O)N[C@@H](CC(N)=O)C(=O)O. The van der Waals surface area contributed by atoms with Gasteiger partial charge < -0.3 is 68.3 Å². The number of aliphatic hydroxyl groups excluding tert-OH is 1. The van der Waals surface area contributed by atoms with Gasteiger partial charge in [0.1, 0.15) is 42.3 Å². The summed E-state index contributed by atoms with van der Waals surface area (Å²) >= 11 is 0. The summed E-state index contributed by atoms with van der Waals surface area (Å²) in [6.45, 7) is 7.96. The Hall–Kier alpha value is -5.91. The molecule has 24 nitrogen and oxygen atoms in total. The van der Waals surface area contributed by atoms with E-state index in [0.717, 1.165) is 4.90 Å². The molecule has 2 fully saturated rings. The summed E-state index contributed by atoms with van der Waals surface area (Å²) in [7, 11) is 0. The molecule has 0 aromatic carbocycles. The summed E-state index contributed by atoms with van der Waals surface area (Å²) in [5, 5.41) is 50.0. The van der Waals surface area contributed by atoms with Gasteiger partial charge in [-0.15, -0.1) is 0 Å². The van der Waals surface area contributed by atoms with Crippen LogP contribution < -0.4 is 38.1 Å². The Kier molecular flexibility index (Phi) is 19.5. The Labute approximate surface area is 351 Å². The highest BCUT2D eigenvalue weighted by molar-refractivity contribution is 5.99. The molecule has 61 heavy (non-hydrogen) atoms. The molecule has 0 aromatic rings. The molecule has 0 bridgehead atoms. The molecule has 342 valence electrons. The Bertz CT molecular complexity index is 1690. The molecule has 10 atom stereocenters. The van der Waals surface area contributed by atoms with Crippen molar-refractivity contribution < 1.29 is 73.2 Å². The lowest BCUT2D eigenvalue weighted by Gasteiger charge is -2.34. The minimum absolute atomic E-state index is 0.0322. The van der Waals surface area contributed by atoms with Crippen molar-refractivity contribution >= 4 is 65.2 Å². The number of carbonyl (C=O) groups is 11. The Balaban J connectivity index is 2.27. The first-order valence-electron chi connectivity index (χ1n) is 19.9. The summed E-state index contributed by atoms with van der Waals surface area (Å²) in [5.74, 6) is -13.0. The number of nitrogens with two attached hydrogens (primary N) is 2. The fourth-order valence-electron chi connectivity index (χ4n) is 6.93. The van der Waals surface area contributed by atoms with Gasteiger partial charge in [-0.25, -0.2) is 4.79 Å². The number of aliphatic hydroxyl groups is 1. The van der Waals surface area contributed by atoms with Crippen molar-refractivity contribution in [1.29, 1.82) is 0 Å². The van der Waals surface area contributed by atoms with Crippen LogP contribution in [-0.2, 0) is 52.7 Å². The topological polar surface area (TPSA) is 387 Å². The third-order valence-corrected chi connectivity index (χ3v) is 10.5. The second kappa shape index (κ2) is 23.2. The molecule has 13 N–H and O–H groups in total. The minimum Gasteiger partial charge on any atom is -0.481 e. The lowest BCUT2D eigenvalue weighted by atomic mass is 9.95. The summed E-state index contributed by atoms with van der Waals surface area (Å²) in [6.07, 6.45) is -2.78. The van der Waals surface area contributed by atoms with Crippen LogP contribution in [0.4, 0.5) is 0 Å². The van der Waals surface area contributed by atoms with E-state index in [1.165, 1.54) is 11.8 Å². The van der Waals surface area contributed by atoms with Crippen molar-refractivity contribution in [3.05, 3.63) is 0 Å². The van der Waals surface area contributed by atoms with E-state index in [2.05, 4.69) is 21.3 Å². The number of hydrogen-bond donors (Lipinski definition) is 11. The third-order valence-electron chi connectivity index (χ3n) is 10.5. The van der Waals surface area contributed by atoms with Crippen molar-refractivity contribution in [2.75, 3.05) is 13.1 Å². The largest absolute Gasteiger partial charge is 0.481 e. The molecule has 2 saturated heterocycles. The molecule has 8 amide bonds. The maximum Gasteiger partial charge on any atom is 0.326 e. The molecule has 24 heteroatoms. The van der Waals surface area contributed by atoms with Gasteiger partial charge in [0.25, 0.3) is 0 Å². The number of carboxylic acid groups (broad SMARTS) is 3. The molecular weight excluding hydrogens is 810 g/mol. The maximum atomic E-state index is 14.2. The molecule has 0 aliphatic carbocycles. The van der Waals surface area contributed by atoms with Gasteiger partial charge in [-0.2, -0.15) is 0 Å². The van der Waals surface area contributed by atoms with E-state index in [9.17, 15) is 68.1 Å². The second-order valence-electron chi connectivity index (χ2n) is 15.6. The lowest BCUT2D eigenvalue weighted by Crippen LogP contribution is -2.62. The summed E-state index contributed by atoms with van der Waals surface area (Å²) in [5.41, 5.74) is 10.7. The first kappa shape index (κ1) is 51.2. The van der Waals surface area contributed by atoms with Crippen LogP contribution in [0.3, 0.4) is 0 Å². The number of aliphatic carboxylic acids is 3. The van der Waals surface area contributed by atoms with Gasteiger partial charge >= 0.3 is 17.9 Å². The molecule has 0 radical (unpaired) electrons. The molecule has 2 heterocycles. The minimum atomic E-state index is -1.82. The fraction of sp³-hybridized carbons (Fsp3) is 0.703. The summed E-state index contributed by atoms with van der Waals surface area (Å²) < 4.78 is 0. The van der Waals surface area contributed by atoms with E-state index in [0.29, 0.717) is 19.3 Å². The summed E-state index contributed by atoms with van der Waals surface area (Å²) in [6, 6.07) is -11.6. The monoisotopic (exact) mass is 869 g/mol. The average molecular weight is 870 g/mol. The van der Waals surface area contributed by atoms with Gasteiger partial charge in [-0.1, -0.05) is 34.1 Å². The van der Waals surface area contributed by atoms with Crippen LogP contribution in [0.25, 0.3) is 0 Å². The Morgan fingerprint density at radius 2 is 1.11 bits per heavy atom. The van der Waals surface area contributed by atoms with Crippen molar-refractivity contribution in [2.45, 2.75) is 140 Å². The molecule has 0 aromatic heterocycles. The number of nitrogens with zero attached hydrogens (tertiary/aromatic N) is 2. The normalized spacial score (nSPS) is 20.1. The van der Waals surface area contributed by atoms with Crippen LogP contribution in [0, 0.1) is 11.8 Å². The smallest absolute Gasteiger partial charge is 0.326 e. The first-order valence-corrected chi connectivity index (χ1v) is 19.9. The van der Waals surface area contributed by atoms with Gasteiger partial charge in [0.15, 0.2) is 0 Å². The van der Waals surface area contributed by atoms with E-state index < -0.39 is 151 Å². The van der Waals surface area contributed by atoms with Crippen LogP contribution in [-0.4, -0.2) is 163 Å². The molecule has 2 aliphatic heterocycles. The first-order chi connectivity index (χ1) is 28.4. The Morgan fingerprint density at radius 3 is 1.56 bits per heavy atom. The van der Waals surface area contributed by atoms with E-state index in [1.54, 1.807) is 27.7 Å². The molecule has 0 saturated carbocycles.